The molecule has 0 heterocycles. The molecular formula is C13H15N3. The highest BCUT2D eigenvalue weighted by molar-refractivity contribution is 5.37. The minimum absolute atomic E-state index is 0.205. The minimum atomic E-state index is 0.205. The standard InChI is InChI=1S/C13H15N3/c1-2-13(7-8-14)16-10-12-6-4-3-5-11(12)9-15/h3-6,13,16H,2,7,10H2,1H3. The first-order chi connectivity index (χ1) is 7.81. The van der Waals surface area contributed by atoms with Gasteiger partial charge in [0.2, 0.25) is 0 Å². The molecule has 0 saturated heterocycles. The van der Waals surface area contributed by atoms with Crippen molar-refractivity contribution < 1.29 is 0 Å². The molecule has 16 heavy (non-hydrogen) atoms. The maximum Gasteiger partial charge on any atom is 0.0995 e. The van der Waals surface area contributed by atoms with Crippen molar-refractivity contribution in [3.8, 4) is 12.1 Å². The van der Waals surface area contributed by atoms with Crippen molar-refractivity contribution in [1.82, 2.24) is 5.32 Å². The zero-order chi connectivity index (χ0) is 11.8. The summed E-state index contributed by atoms with van der Waals surface area (Å²) >= 11 is 0. The molecule has 82 valence electrons. The van der Waals surface area contributed by atoms with Crippen molar-refractivity contribution in [3.63, 3.8) is 0 Å². The Morgan fingerprint density at radius 1 is 1.31 bits per heavy atom. The van der Waals surface area contributed by atoms with Crippen molar-refractivity contribution in [2.45, 2.75) is 32.4 Å². The van der Waals surface area contributed by atoms with Crippen molar-refractivity contribution in [3.05, 3.63) is 35.4 Å². The van der Waals surface area contributed by atoms with Crippen LogP contribution in [0.4, 0.5) is 0 Å². The van der Waals surface area contributed by atoms with E-state index in [9.17, 15) is 0 Å². The second-order valence-electron chi connectivity index (χ2n) is 3.62. The van der Waals surface area contributed by atoms with Crippen molar-refractivity contribution >= 4 is 0 Å². The van der Waals surface area contributed by atoms with Gasteiger partial charge < -0.3 is 5.32 Å². The molecule has 0 aromatic heterocycles. The molecule has 3 heteroatoms. The van der Waals surface area contributed by atoms with E-state index >= 15 is 0 Å². The lowest BCUT2D eigenvalue weighted by atomic mass is 10.1. The molecule has 1 unspecified atom stereocenters. The second-order valence-corrected chi connectivity index (χ2v) is 3.62. The Kier molecular flexibility index (Phi) is 5.05. The van der Waals surface area contributed by atoms with Crippen LogP contribution >= 0.6 is 0 Å². The van der Waals surface area contributed by atoms with Gasteiger partial charge in [-0.3, -0.25) is 0 Å². The fraction of sp³-hybridized carbons (Fsp3) is 0.385. The van der Waals surface area contributed by atoms with Crippen LogP contribution in [0.1, 0.15) is 30.9 Å². The molecule has 0 aliphatic rings. The van der Waals surface area contributed by atoms with Crippen molar-refractivity contribution in [2.24, 2.45) is 0 Å². The molecule has 3 nitrogen and oxygen atoms in total. The van der Waals surface area contributed by atoms with E-state index in [0.717, 1.165) is 12.0 Å². The monoisotopic (exact) mass is 213 g/mol. The average molecular weight is 213 g/mol. The first-order valence-corrected chi connectivity index (χ1v) is 5.40. The summed E-state index contributed by atoms with van der Waals surface area (Å²) in [5.41, 5.74) is 1.68. The van der Waals surface area contributed by atoms with E-state index in [1.54, 1.807) is 0 Å². The Balaban J connectivity index is 2.61. The summed E-state index contributed by atoms with van der Waals surface area (Å²) in [5, 5.41) is 20.8. The number of nitrogens with zero attached hydrogens (tertiary/aromatic N) is 2. The van der Waals surface area contributed by atoms with Crippen LogP contribution in [0.3, 0.4) is 0 Å². The first kappa shape index (κ1) is 12.2. The number of hydrogen-bond acceptors (Lipinski definition) is 3. The number of rotatable bonds is 5. The summed E-state index contributed by atoms with van der Waals surface area (Å²) in [5.74, 6) is 0. The number of nitrogens with one attached hydrogen (secondary N) is 1. The Morgan fingerprint density at radius 2 is 2.06 bits per heavy atom. The number of benzene rings is 1. The quantitative estimate of drug-likeness (QED) is 0.816. The fourth-order valence-electron chi connectivity index (χ4n) is 1.51. The van der Waals surface area contributed by atoms with Crippen LogP contribution in [-0.4, -0.2) is 6.04 Å². The third-order valence-corrected chi connectivity index (χ3v) is 2.55. The van der Waals surface area contributed by atoms with E-state index in [1.807, 2.05) is 31.2 Å². The topological polar surface area (TPSA) is 59.6 Å². The normalized spacial score (nSPS) is 11.4. The molecule has 0 fully saturated rings. The summed E-state index contributed by atoms with van der Waals surface area (Å²) in [6.45, 7) is 2.69. The Morgan fingerprint density at radius 3 is 2.69 bits per heavy atom. The third kappa shape index (κ3) is 3.38. The van der Waals surface area contributed by atoms with Gasteiger partial charge in [0.25, 0.3) is 0 Å². The van der Waals surface area contributed by atoms with Gasteiger partial charge in [0.1, 0.15) is 0 Å². The Hall–Kier alpha value is -1.84. The van der Waals surface area contributed by atoms with Crippen LogP contribution in [0.2, 0.25) is 0 Å². The molecular weight excluding hydrogens is 198 g/mol. The highest BCUT2D eigenvalue weighted by Crippen LogP contribution is 2.08. The summed E-state index contributed by atoms with van der Waals surface area (Å²) in [7, 11) is 0. The molecule has 1 rings (SSSR count). The minimum Gasteiger partial charge on any atom is -0.309 e. The van der Waals surface area contributed by atoms with Gasteiger partial charge in [-0.1, -0.05) is 25.1 Å². The number of hydrogen-bond donors (Lipinski definition) is 1. The molecule has 1 aromatic rings. The smallest absolute Gasteiger partial charge is 0.0995 e. The first-order valence-electron chi connectivity index (χ1n) is 5.40. The molecule has 0 aliphatic heterocycles. The van der Waals surface area contributed by atoms with E-state index in [2.05, 4.69) is 17.5 Å². The van der Waals surface area contributed by atoms with Crippen LogP contribution in [0.5, 0.6) is 0 Å². The molecule has 0 saturated carbocycles. The van der Waals surface area contributed by atoms with E-state index < -0.39 is 0 Å². The summed E-state index contributed by atoms with van der Waals surface area (Å²) in [6.07, 6.45) is 1.42. The van der Waals surface area contributed by atoms with Gasteiger partial charge in [-0.2, -0.15) is 10.5 Å². The van der Waals surface area contributed by atoms with Crippen LogP contribution in [0.15, 0.2) is 24.3 Å². The summed E-state index contributed by atoms with van der Waals surface area (Å²) < 4.78 is 0. The largest absolute Gasteiger partial charge is 0.309 e. The molecule has 1 aromatic carbocycles. The Labute approximate surface area is 96.3 Å². The SMILES string of the molecule is CCC(CC#N)NCc1ccccc1C#N. The van der Waals surface area contributed by atoms with Gasteiger partial charge in [-0.15, -0.1) is 0 Å². The van der Waals surface area contributed by atoms with Crippen LogP contribution in [0, 0.1) is 22.7 Å². The van der Waals surface area contributed by atoms with Crippen LogP contribution in [-0.2, 0) is 6.54 Å². The lowest BCUT2D eigenvalue weighted by Crippen LogP contribution is -2.27. The molecule has 0 radical (unpaired) electrons. The van der Waals surface area contributed by atoms with Crippen molar-refractivity contribution in [1.29, 1.82) is 10.5 Å². The highest BCUT2D eigenvalue weighted by Gasteiger charge is 2.06. The maximum atomic E-state index is 8.91. The molecule has 1 N–H and O–H groups in total. The zero-order valence-corrected chi connectivity index (χ0v) is 9.40. The summed E-state index contributed by atoms with van der Waals surface area (Å²) in [6, 6.07) is 12.0. The summed E-state index contributed by atoms with van der Waals surface area (Å²) in [4.78, 5) is 0. The molecule has 1 atom stereocenters. The van der Waals surface area contributed by atoms with E-state index in [-0.39, 0.29) is 6.04 Å². The van der Waals surface area contributed by atoms with Gasteiger partial charge in [-0.25, -0.2) is 0 Å². The molecule has 0 amide bonds. The van der Waals surface area contributed by atoms with Gasteiger partial charge in [0, 0.05) is 12.6 Å². The van der Waals surface area contributed by atoms with E-state index in [4.69, 9.17) is 10.5 Å². The predicted octanol–water partition coefficient (Wildman–Crippen LogP) is 2.34. The zero-order valence-electron chi connectivity index (χ0n) is 9.40. The molecule has 0 spiro atoms. The second kappa shape index (κ2) is 6.61. The Bertz CT molecular complexity index is 412. The average Bonchev–Trinajstić information content (AvgIpc) is 2.34. The van der Waals surface area contributed by atoms with Gasteiger partial charge in [-0.05, 0) is 18.1 Å². The molecule has 0 aliphatic carbocycles. The van der Waals surface area contributed by atoms with Gasteiger partial charge >= 0.3 is 0 Å². The van der Waals surface area contributed by atoms with Crippen molar-refractivity contribution in [2.75, 3.05) is 0 Å². The maximum absolute atomic E-state index is 8.91. The van der Waals surface area contributed by atoms with Gasteiger partial charge in [0.05, 0.1) is 24.1 Å². The highest BCUT2D eigenvalue weighted by atomic mass is 14.9. The van der Waals surface area contributed by atoms with Crippen LogP contribution in [0.25, 0.3) is 0 Å². The molecule has 0 bridgehead atoms. The number of nitriles is 2. The van der Waals surface area contributed by atoms with Crippen LogP contribution < -0.4 is 5.32 Å². The third-order valence-electron chi connectivity index (χ3n) is 2.55. The fourth-order valence-corrected chi connectivity index (χ4v) is 1.51. The van der Waals surface area contributed by atoms with E-state index in [1.165, 1.54) is 0 Å². The van der Waals surface area contributed by atoms with E-state index in [0.29, 0.717) is 18.5 Å². The predicted molar refractivity (Wildman–Crippen MR) is 62.3 cm³/mol. The lowest BCUT2D eigenvalue weighted by molar-refractivity contribution is 0.504. The lowest BCUT2D eigenvalue weighted by Gasteiger charge is -2.13. The van der Waals surface area contributed by atoms with Gasteiger partial charge in [0.15, 0.2) is 0 Å².